The van der Waals surface area contributed by atoms with E-state index in [1.54, 1.807) is 0 Å². The van der Waals surface area contributed by atoms with Crippen molar-refractivity contribution in [3.63, 3.8) is 0 Å². The molecule has 31 heavy (non-hydrogen) atoms. The second kappa shape index (κ2) is 13.8. The van der Waals surface area contributed by atoms with E-state index in [0.29, 0.717) is 0 Å². The average molecular weight is 455 g/mol. The molecule has 1 unspecified atom stereocenters. The number of nitrogens with two attached hydrogens (primary N) is 2. The van der Waals surface area contributed by atoms with Gasteiger partial charge in [-0.05, 0) is 12.8 Å². The molecule has 1 saturated heterocycles. The van der Waals surface area contributed by atoms with Crippen LogP contribution in [0.5, 0.6) is 0 Å². The summed E-state index contributed by atoms with van der Waals surface area (Å²) in [5.41, 5.74) is 10.4. The van der Waals surface area contributed by atoms with Gasteiger partial charge in [0.2, 0.25) is 5.91 Å². The predicted octanol–water partition coefficient (Wildman–Crippen LogP) is -4.64. The van der Waals surface area contributed by atoms with Crippen LogP contribution in [0.1, 0.15) is 25.7 Å². The van der Waals surface area contributed by atoms with E-state index in [1.165, 1.54) is 0 Å². The van der Waals surface area contributed by atoms with Crippen LogP contribution >= 0.6 is 0 Å². The largest absolute Gasteiger partial charge is 0.481 e. The molecule has 0 saturated carbocycles. The number of ether oxygens (including phenoxy) is 1. The number of nitrogens with one attached hydrogen (secondary N) is 1. The highest BCUT2D eigenvalue weighted by Gasteiger charge is 2.41. The molecule has 1 aliphatic rings. The normalized spacial score (nSPS) is 27.2. The average Bonchev–Trinajstić information content (AvgIpc) is 2.70. The molecule has 0 aromatic heterocycles. The molecular formula is C16H29N3O12. The van der Waals surface area contributed by atoms with Crippen molar-refractivity contribution in [3.8, 4) is 0 Å². The fourth-order valence-electron chi connectivity index (χ4n) is 2.32. The zero-order valence-corrected chi connectivity index (χ0v) is 16.4. The summed E-state index contributed by atoms with van der Waals surface area (Å²) in [6, 6.07) is -3.56. The van der Waals surface area contributed by atoms with Gasteiger partial charge in [0.05, 0.1) is 12.6 Å². The van der Waals surface area contributed by atoms with Crippen LogP contribution in [0, 0.1) is 0 Å². The Morgan fingerprint density at radius 3 is 1.97 bits per heavy atom. The number of amides is 1. The summed E-state index contributed by atoms with van der Waals surface area (Å²) >= 11 is 0. The van der Waals surface area contributed by atoms with Gasteiger partial charge in [0.1, 0.15) is 30.4 Å². The van der Waals surface area contributed by atoms with Crippen molar-refractivity contribution in [2.24, 2.45) is 11.5 Å². The van der Waals surface area contributed by atoms with Gasteiger partial charge in [0.25, 0.3) is 0 Å². The van der Waals surface area contributed by atoms with E-state index < -0.39 is 79.6 Å². The molecule has 0 aromatic rings. The third-order valence-electron chi connectivity index (χ3n) is 4.23. The van der Waals surface area contributed by atoms with E-state index >= 15 is 0 Å². The molecule has 15 heteroatoms. The van der Waals surface area contributed by atoms with E-state index in [9.17, 15) is 29.4 Å². The highest BCUT2D eigenvalue weighted by molar-refractivity contribution is 5.84. The van der Waals surface area contributed by atoms with Gasteiger partial charge < -0.3 is 57.3 Å². The lowest BCUT2D eigenvalue weighted by molar-refractivity contribution is -0.248. The van der Waals surface area contributed by atoms with Crippen LogP contribution in [0.2, 0.25) is 0 Å². The molecule has 180 valence electrons. The van der Waals surface area contributed by atoms with Crippen LogP contribution in [-0.4, -0.2) is 109 Å². The first-order chi connectivity index (χ1) is 14.3. The van der Waals surface area contributed by atoms with Gasteiger partial charge in [-0.3, -0.25) is 14.4 Å². The fourth-order valence-corrected chi connectivity index (χ4v) is 2.32. The van der Waals surface area contributed by atoms with Crippen molar-refractivity contribution in [1.82, 2.24) is 5.32 Å². The first-order valence-corrected chi connectivity index (χ1v) is 9.10. The second-order valence-electron chi connectivity index (χ2n) is 6.68. The van der Waals surface area contributed by atoms with E-state index in [0.717, 1.165) is 0 Å². The standard InChI is InChI=1S/C10H16N2O7.C6H13NO5/c11-5(9(16)17)1-3-7(13)12-6(10(18)19)2-4-8(14)15;7-3-5(10)4(9)2(1-8)12-6(3)11/h5-6H,1-4,11H2,(H,12,13)(H,14,15)(H,16,17)(H,18,19);2-6,8-11H,1,7H2/t5-,6-;2-,3+,4-,5-,6?/m01/s1. The van der Waals surface area contributed by atoms with Crippen molar-refractivity contribution in [2.75, 3.05) is 6.61 Å². The zero-order valence-electron chi connectivity index (χ0n) is 16.4. The quantitative estimate of drug-likeness (QED) is 0.148. The number of rotatable bonds is 10. The minimum absolute atomic E-state index is 0.133. The first-order valence-electron chi connectivity index (χ1n) is 9.10. The molecule has 1 amide bonds. The van der Waals surface area contributed by atoms with Crippen molar-refractivity contribution in [3.05, 3.63) is 0 Å². The number of hydrogen-bond acceptors (Lipinski definition) is 11. The molecule has 1 heterocycles. The third kappa shape index (κ3) is 10.5. The Bertz CT molecular complexity index is 614. The molecule has 1 rings (SSSR count). The zero-order chi connectivity index (χ0) is 24.3. The van der Waals surface area contributed by atoms with E-state index in [4.69, 9.17) is 41.7 Å². The maximum Gasteiger partial charge on any atom is 0.326 e. The van der Waals surface area contributed by atoms with Gasteiger partial charge in [0.15, 0.2) is 6.29 Å². The number of aliphatic hydroxyl groups excluding tert-OH is 4. The van der Waals surface area contributed by atoms with Crippen LogP contribution in [0.15, 0.2) is 0 Å². The van der Waals surface area contributed by atoms with Gasteiger partial charge in [-0.15, -0.1) is 0 Å². The minimum Gasteiger partial charge on any atom is -0.481 e. The molecule has 0 bridgehead atoms. The number of aliphatic carboxylic acids is 3. The summed E-state index contributed by atoms with van der Waals surface area (Å²) in [5.74, 6) is -4.46. The first kappa shape index (κ1) is 28.6. The lowest BCUT2D eigenvalue weighted by Gasteiger charge is -2.38. The molecule has 0 aliphatic carbocycles. The topological polar surface area (TPSA) is 283 Å². The van der Waals surface area contributed by atoms with Crippen LogP contribution in [0.25, 0.3) is 0 Å². The van der Waals surface area contributed by atoms with Crippen molar-refractivity contribution >= 4 is 23.8 Å². The molecule has 0 spiro atoms. The summed E-state index contributed by atoms with van der Waals surface area (Å²) in [4.78, 5) is 42.8. The number of carboxylic acids is 3. The van der Waals surface area contributed by atoms with Crippen LogP contribution in [0.3, 0.4) is 0 Å². The van der Waals surface area contributed by atoms with E-state index in [-0.39, 0.29) is 19.3 Å². The Balaban J connectivity index is 0.000000639. The maximum atomic E-state index is 11.4. The highest BCUT2D eigenvalue weighted by Crippen LogP contribution is 2.17. The number of carbonyl (C=O) groups is 4. The monoisotopic (exact) mass is 455 g/mol. The summed E-state index contributed by atoms with van der Waals surface area (Å²) in [7, 11) is 0. The molecule has 15 nitrogen and oxygen atoms in total. The Labute approximate surface area is 176 Å². The van der Waals surface area contributed by atoms with Gasteiger partial charge in [-0.2, -0.15) is 0 Å². The molecule has 12 N–H and O–H groups in total. The van der Waals surface area contributed by atoms with Crippen molar-refractivity contribution in [2.45, 2.75) is 68.4 Å². The van der Waals surface area contributed by atoms with Crippen LogP contribution < -0.4 is 16.8 Å². The molecule has 0 aromatic carbocycles. The van der Waals surface area contributed by atoms with Crippen molar-refractivity contribution < 1.29 is 59.7 Å². The van der Waals surface area contributed by atoms with Gasteiger partial charge >= 0.3 is 17.9 Å². The Hall–Kier alpha value is -2.40. The predicted molar refractivity (Wildman–Crippen MR) is 99.2 cm³/mol. The second-order valence-corrected chi connectivity index (χ2v) is 6.68. The van der Waals surface area contributed by atoms with Crippen molar-refractivity contribution in [1.29, 1.82) is 0 Å². The lowest BCUT2D eigenvalue weighted by Crippen LogP contribution is -2.61. The SMILES string of the molecule is N[C@@H](CCC(=O)N[C@@H](CCC(=O)O)C(=O)O)C(=O)O.N[C@@H]1C(O)O[C@H](CO)[C@@H](O)[C@@H]1O. The molecular weight excluding hydrogens is 426 g/mol. The number of carboxylic acid groups (broad SMARTS) is 3. The van der Waals surface area contributed by atoms with Gasteiger partial charge in [-0.25, -0.2) is 4.79 Å². The number of carbonyl (C=O) groups excluding carboxylic acids is 1. The summed E-state index contributed by atoms with van der Waals surface area (Å²) in [6.45, 7) is -0.470. The lowest BCUT2D eigenvalue weighted by atomic mass is 9.98. The Morgan fingerprint density at radius 2 is 1.52 bits per heavy atom. The van der Waals surface area contributed by atoms with E-state index in [1.807, 2.05) is 0 Å². The van der Waals surface area contributed by atoms with E-state index in [2.05, 4.69) is 5.32 Å². The van der Waals surface area contributed by atoms with Gasteiger partial charge in [0, 0.05) is 12.8 Å². The number of hydrogen-bond donors (Lipinski definition) is 10. The smallest absolute Gasteiger partial charge is 0.326 e. The van der Waals surface area contributed by atoms with Gasteiger partial charge in [-0.1, -0.05) is 0 Å². The summed E-state index contributed by atoms with van der Waals surface area (Å²) < 4.78 is 4.70. The maximum absolute atomic E-state index is 11.4. The molecule has 7 atom stereocenters. The van der Waals surface area contributed by atoms with Crippen LogP contribution in [0.4, 0.5) is 0 Å². The Morgan fingerprint density at radius 1 is 0.935 bits per heavy atom. The number of aliphatic hydroxyl groups is 4. The molecule has 1 fully saturated rings. The summed E-state index contributed by atoms with van der Waals surface area (Å²) in [6.07, 6.45) is -5.88. The Kier molecular flexibility index (Phi) is 12.7. The summed E-state index contributed by atoms with van der Waals surface area (Å²) in [5, 5.41) is 63.9. The van der Waals surface area contributed by atoms with Crippen LogP contribution in [-0.2, 0) is 23.9 Å². The fraction of sp³-hybridized carbons (Fsp3) is 0.750. The minimum atomic E-state index is -1.35. The molecule has 0 radical (unpaired) electrons. The molecule has 1 aliphatic heterocycles. The highest BCUT2D eigenvalue weighted by atomic mass is 16.6. The third-order valence-corrected chi connectivity index (χ3v) is 4.23.